The van der Waals surface area contributed by atoms with Gasteiger partial charge < -0.3 is 19.5 Å². The summed E-state index contributed by atoms with van der Waals surface area (Å²) in [6.07, 6.45) is -4.41. The van der Waals surface area contributed by atoms with Gasteiger partial charge in [-0.25, -0.2) is 4.39 Å². The van der Waals surface area contributed by atoms with E-state index in [-0.39, 0.29) is 24.4 Å². The van der Waals surface area contributed by atoms with Gasteiger partial charge in [0.15, 0.2) is 0 Å². The molecule has 0 aliphatic carbocycles. The van der Waals surface area contributed by atoms with Crippen molar-refractivity contribution in [1.82, 2.24) is 0 Å². The summed E-state index contributed by atoms with van der Waals surface area (Å²) in [6.45, 7) is -1.94. The molecule has 0 saturated carbocycles. The third-order valence-corrected chi connectivity index (χ3v) is 1.95. The van der Waals surface area contributed by atoms with E-state index in [2.05, 4.69) is 4.74 Å². The molecule has 0 radical (unpaired) electrons. The molecular formula is C10H11BF4O4. The lowest BCUT2D eigenvalue weighted by Gasteiger charge is -2.10. The van der Waals surface area contributed by atoms with Crippen molar-refractivity contribution in [1.29, 1.82) is 0 Å². The summed E-state index contributed by atoms with van der Waals surface area (Å²) in [5.74, 6) is -0.782. The lowest BCUT2D eigenvalue weighted by atomic mass is 9.80. The van der Waals surface area contributed by atoms with E-state index in [1.54, 1.807) is 0 Å². The fourth-order valence-electron chi connectivity index (χ4n) is 1.22. The normalized spacial score (nSPS) is 11.5. The topological polar surface area (TPSA) is 58.9 Å². The molecule has 4 nitrogen and oxygen atoms in total. The first kappa shape index (κ1) is 15.7. The van der Waals surface area contributed by atoms with Crippen LogP contribution in [-0.4, -0.2) is 43.2 Å². The van der Waals surface area contributed by atoms with Gasteiger partial charge in [-0.15, -0.1) is 0 Å². The third-order valence-electron chi connectivity index (χ3n) is 1.95. The van der Waals surface area contributed by atoms with Crippen LogP contribution in [0.2, 0.25) is 0 Å². The zero-order valence-corrected chi connectivity index (χ0v) is 9.65. The quantitative estimate of drug-likeness (QED) is 0.452. The predicted molar refractivity (Wildman–Crippen MR) is 58.6 cm³/mol. The van der Waals surface area contributed by atoms with Crippen LogP contribution in [0.15, 0.2) is 18.2 Å². The molecule has 0 amide bonds. The van der Waals surface area contributed by atoms with Crippen molar-refractivity contribution in [2.75, 3.05) is 19.8 Å². The molecule has 0 bridgehead atoms. The second-order valence-electron chi connectivity index (χ2n) is 3.61. The van der Waals surface area contributed by atoms with Crippen molar-refractivity contribution in [3.8, 4) is 5.75 Å². The molecule has 2 N–H and O–H groups in total. The molecule has 0 fully saturated rings. The first-order chi connectivity index (χ1) is 8.78. The Kier molecular flexibility index (Phi) is 5.58. The van der Waals surface area contributed by atoms with Crippen molar-refractivity contribution in [2.24, 2.45) is 0 Å². The second kappa shape index (κ2) is 6.74. The summed E-state index contributed by atoms with van der Waals surface area (Å²) in [5.41, 5.74) is -0.119. The van der Waals surface area contributed by atoms with Gasteiger partial charge in [-0.2, -0.15) is 13.2 Å². The lowest BCUT2D eigenvalue weighted by Crippen LogP contribution is -2.30. The zero-order chi connectivity index (χ0) is 14.5. The van der Waals surface area contributed by atoms with E-state index in [9.17, 15) is 17.6 Å². The lowest BCUT2D eigenvalue weighted by molar-refractivity contribution is -0.175. The number of halogens is 4. The summed E-state index contributed by atoms with van der Waals surface area (Å²) in [5, 5.41) is 17.7. The van der Waals surface area contributed by atoms with Crippen LogP contribution in [0.3, 0.4) is 0 Å². The Balaban J connectivity index is 2.41. The monoisotopic (exact) mass is 282 g/mol. The Morgan fingerprint density at radius 1 is 1.11 bits per heavy atom. The largest absolute Gasteiger partial charge is 0.491 e. The van der Waals surface area contributed by atoms with E-state index in [4.69, 9.17) is 14.8 Å². The molecule has 1 aromatic carbocycles. The van der Waals surface area contributed by atoms with Crippen LogP contribution in [0, 0.1) is 5.82 Å². The van der Waals surface area contributed by atoms with Crippen molar-refractivity contribution >= 4 is 12.6 Å². The average Bonchev–Trinajstić information content (AvgIpc) is 2.26. The van der Waals surface area contributed by atoms with Gasteiger partial charge >= 0.3 is 13.3 Å². The highest BCUT2D eigenvalue weighted by Crippen LogP contribution is 2.14. The summed E-state index contributed by atoms with van der Waals surface area (Å²) in [4.78, 5) is 0. The average molecular weight is 282 g/mol. The third kappa shape index (κ3) is 6.41. The van der Waals surface area contributed by atoms with Crippen LogP contribution in [-0.2, 0) is 4.74 Å². The number of benzene rings is 1. The van der Waals surface area contributed by atoms with Gasteiger partial charge in [0.25, 0.3) is 0 Å². The number of hydrogen-bond donors (Lipinski definition) is 2. The van der Waals surface area contributed by atoms with E-state index < -0.39 is 25.7 Å². The van der Waals surface area contributed by atoms with Gasteiger partial charge in [-0.1, -0.05) is 0 Å². The molecule has 0 atom stereocenters. The SMILES string of the molecule is OB(O)c1cc(F)cc(OCCOCC(F)(F)F)c1. The van der Waals surface area contributed by atoms with Crippen LogP contribution in [0.1, 0.15) is 0 Å². The van der Waals surface area contributed by atoms with Gasteiger partial charge in [0.1, 0.15) is 24.8 Å². The molecule has 19 heavy (non-hydrogen) atoms. The van der Waals surface area contributed by atoms with Gasteiger partial charge in [0.2, 0.25) is 0 Å². The minimum Gasteiger partial charge on any atom is -0.491 e. The van der Waals surface area contributed by atoms with E-state index in [0.29, 0.717) is 0 Å². The van der Waals surface area contributed by atoms with E-state index >= 15 is 0 Å². The second-order valence-corrected chi connectivity index (χ2v) is 3.61. The Morgan fingerprint density at radius 3 is 2.37 bits per heavy atom. The first-order valence-corrected chi connectivity index (χ1v) is 5.22. The van der Waals surface area contributed by atoms with E-state index in [0.717, 1.165) is 18.2 Å². The molecular weight excluding hydrogens is 271 g/mol. The van der Waals surface area contributed by atoms with E-state index in [1.165, 1.54) is 0 Å². The summed E-state index contributed by atoms with van der Waals surface area (Å²) in [7, 11) is -1.86. The molecule has 1 aromatic rings. The number of ether oxygens (including phenoxy) is 2. The molecule has 0 saturated heterocycles. The fourth-order valence-corrected chi connectivity index (χ4v) is 1.22. The van der Waals surface area contributed by atoms with Crippen molar-refractivity contribution in [2.45, 2.75) is 6.18 Å². The van der Waals surface area contributed by atoms with Crippen LogP contribution >= 0.6 is 0 Å². The highest BCUT2D eigenvalue weighted by Gasteiger charge is 2.27. The molecule has 0 heterocycles. The smallest absolute Gasteiger partial charge is 0.488 e. The molecule has 0 unspecified atom stereocenters. The molecule has 9 heteroatoms. The summed E-state index contributed by atoms with van der Waals surface area (Å²) in [6, 6.07) is 3.03. The zero-order valence-electron chi connectivity index (χ0n) is 9.65. The maximum atomic E-state index is 13.0. The Hall–Kier alpha value is -1.32. The van der Waals surface area contributed by atoms with Crippen LogP contribution < -0.4 is 10.2 Å². The highest BCUT2D eigenvalue weighted by molar-refractivity contribution is 6.58. The molecule has 0 aliphatic rings. The van der Waals surface area contributed by atoms with Crippen molar-refractivity contribution in [3.63, 3.8) is 0 Å². The van der Waals surface area contributed by atoms with Gasteiger partial charge in [0, 0.05) is 6.07 Å². The van der Waals surface area contributed by atoms with Crippen LogP contribution in [0.25, 0.3) is 0 Å². The Morgan fingerprint density at radius 2 is 1.79 bits per heavy atom. The van der Waals surface area contributed by atoms with Gasteiger partial charge in [-0.3, -0.25) is 0 Å². The number of rotatable bonds is 6. The molecule has 0 aromatic heterocycles. The highest BCUT2D eigenvalue weighted by atomic mass is 19.4. The van der Waals surface area contributed by atoms with Crippen LogP contribution in [0.4, 0.5) is 17.6 Å². The standard InChI is InChI=1S/C10H11BF4O4/c12-8-3-7(11(16)17)4-9(5-8)19-2-1-18-6-10(13,14)15/h3-5,16-17H,1-2,6H2. The molecule has 106 valence electrons. The minimum atomic E-state index is -4.41. The molecule has 1 rings (SSSR count). The van der Waals surface area contributed by atoms with Gasteiger partial charge in [-0.05, 0) is 17.6 Å². The predicted octanol–water partition coefficient (Wildman–Crippen LogP) is 0.463. The Labute approximate surface area is 106 Å². The van der Waals surface area contributed by atoms with Crippen molar-refractivity contribution < 1.29 is 37.1 Å². The molecule has 0 aliphatic heterocycles. The van der Waals surface area contributed by atoms with Crippen molar-refractivity contribution in [3.05, 3.63) is 24.0 Å². The minimum absolute atomic E-state index is 0.0290. The maximum absolute atomic E-state index is 13.0. The van der Waals surface area contributed by atoms with E-state index in [1.807, 2.05) is 0 Å². The first-order valence-electron chi connectivity index (χ1n) is 5.22. The summed E-state index contributed by atoms with van der Waals surface area (Å²) >= 11 is 0. The number of alkyl halides is 3. The van der Waals surface area contributed by atoms with Gasteiger partial charge in [0.05, 0.1) is 6.61 Å². The number of hydrogen-bond acceptors (Lipinski definition) is 4. The summed E-state index contributed by atoms with van der Waals surface area (Å²) < 4.78 is 57.4. The Bertz CT molecular complexity index is 411. The fraction of sp³-hybridized carbons (Fsp3) is 0.400. The maximum Gasteiger partial charge on any atom is 0.488 e. The molecule has 0 spiro atoms. The van der Waals surface area contributed by atoms with Crippen LogP contribution in [0.5, 0.6) is 5.75 Å².